The fourth-order valence-corrected chi connectivity index (χ4v) is 1.37. The van der Waals surface area contributed by atoms with E-state index in [1.165, 1.54) is 0 Å². The van der Waals surface area contributed by atoms with Gasteiger partial charge < -0.3 is 4.90 Å². The molecule has 5 heteroatoms. The molecule has 0 aromatic carbocycles. The molecule has 1 aromatic rings. The summed E-state index contributed by atoms with van der Waals surface area (Å²) >= 11 is 0. The van der Waals surface area contributed by atoms with E-state index in [0.717, 1.165) is 5.69 Å². The molecule has 0 N–H and O–H groups in total. The predicted molar refractivity (Wildman–Crippen MR) is 45.1 cm³/mol. The Hall–Kier alpha value is -1.13. The predicted octanol–water partition coefficient (Wildman–Crippen LogP) is 1.18. The van der Waals surface area contributed by atoms with E-state index in [1.54, 1.807) is 16.6 Å². The highest BCUT2D eigenvalue weighted by Gasteiger charge is 2.44. The summed E-state index contributed by atoms with van der Waals surface area (Å²) in [5, 5.41) is 4.11. The van der Waals surface area contributed by atoms with E-state index in [0.29, 0.717) is 5.82 Å². The molecule has 0 atom stereocenters. The quantitative estimate of drug-likeness (QED) is 0.658. The molecule has 1 aliphatic heterocycles. The van der Waals surface area contributed by atoms with Gasteiger partial charge in [-0.05, 0) is 6.92 Å². The van der Waals surface area contributed by atoms with Crippen LogP contribution in [-0.2, 0) is 7.05 Å². The van der Waals surface area contributed by atoms with Gasteiger partial charge in [0.25, 0.3) is 5.92 Å². The van der Waals surface area contributed by atoms with E-state index < -0.39 is 5.92 Å². The van der Waals surface area contributed by atoms with Gasteiger partial charge >= 0.3 is 0 Å². The van der Waals surface area contributed by atoms with Gasteiger partial charge in [0.2, 0.25) is 0 Å². The lowest BCUT2D eigenvalue weighted by atomic mass is 10.1. The maximum atomic E-state index is 12.5. The number of rotatable bonds is 1. The SMILES string of the molecule is Cc1cc(N2CC(F)(F)C2)nn1C. The number of alkyl halides is 2. The van der Waals surface area contributed by atoms with E-state index in [1.807, 2.05) is 13.0 Å². The topological polar surface area (TPSA) is 21.1 Å². The Morgan fingerprint density at radius 2 is 2.08 bits per heavy atom. The molecule has 1 aromatic heterocycles. The largest absolute Gasteiger partial charge is 0.343 e. The molecule has 0 unspecified atom stereocenters. The Bertz CT molecular complexity index is 305. The summed E-state index contributed by atoms with van der Waals surface area (Å²) in [4.78, 5) is 1.58. The second kappa shape index (κ2) is 2.43. The molecule has 1 saturated heterocycles. The zero-order valence-electron chi connectivity index (χ0n) is 7.59. The molecule has 3 nitrogen and oxygen atoms in total. The van der Waals surface area contributed by atoms with Crippen LogP contribution in [0.3, 0.4) is 0 Å². The van der Waals surface area contributed by atoms with Crippen molar-refractivity contribution >= 4 is 5.82 Å². The summed E-state index contributed by atoms with van der Waals surface area (Å²) in [6, 6.07) is 1.81. The molecule has 1 fully saturated rings. The summed E-state index contributed by atoms with van der Waals surface area (Å²) in [5.41, 5.74) is 0.977. The van der Waals surface area contributed by atoms with E-state index in [4.69, 9.17) is 0 Å². The van der Waals surface area contributed by atoms with Gasteiger partial charge in [-0.3, -0.25) is 4.68 Å². The van der Waals surface area contributed by atoms with Gasteiger partial charge in [-0.25, -0.2) is 8.78 Å². The third kappa shape index (κ3) is 1.38. The van der Waals surface area contributed by atoms with E-state index in [9.17, 15) is 8.78 Å². The van der Waals surface area contributed by atoms with Crippen LogP contribution in [0.2, 0.25) is 0 Å². The summed E-state index contributed by atoms with van der Waals surface area (Å²) in [6.07, 6.45) is 0. The van der Waals surface area contributed by atoms with Crippen molar-refractivity contribution in [1.29, 1.82) is 0 Å². The molecule has 1 aliphatic rings. The summed E-state index contributed by atoms with van der Waals surface area (Å²) in [5.74, 6) is -1.88. The van der Waals surface area contributed by atoms with Crippen molar-refractivity contribution in [3.63, 3.8) is 0 Å². The van der Waals surface area contributed by atoms with Crippen molar-refractivity contribution < 1.29 is 8.78 Å². The molecule has 13 heavy (non-hydrogen) atoms. The number of hydrogen-bond donors (Lipinski definition) is 0. The monoisotopic (exact) mass is 187 g/mol. The fourth-order valence-electron chi connectivity index (χ4n) is 1.37. The van der Waals surface area contributed by atoms with E-state index in [-0.39, 0.29) is 13.1 Å². The third-order valence-electron chi connectivity index (χ3n) is 2.27. The molecule has 2 rings (SSSR count). The first-order chi connectivity index (χ1) is 5.98. The number of aromatic nitrogens is 2. The van der Waals surface area contributed by atoms with Gasteiger partial charge in [-0.1, -0.05) is 0 Å². The lowest BCUT2D eigenvalue weighted by molar-refractivity contribution is -0.0267. The molecular formula is C8H11F2N3. The van der Waals surface area contributed by atoms with Crippen LogP contribution < -0.4 is 4.90 Å². The van der Waals surface area contributed by atoms with Gasteiger partial charge in [0, 0.05) is 18.8 Å². The van der Waals surface area contributed by atoms with Crippen LogP contribution >= 0.6 is 0 Å². The zero-order chi connectivity index (χ0) is 9.64. The Labute approximate surface area is 74.9 Å². The first-order valence-electron chi connectivity index (χ1n) is 4.11. The minimum Gasteiger partial charge on any atom is -0.343 e. The summed E-state index contributed by atoms with van der Waals surface area (Å²) < 4.78 is 26.7. The molecule has 72 valence electrons. The van der Waals surface area contributed by atoms with Crippen molar-refractivity contribution in [3.05, 3.63) is 11.8 Å². The first kappa shape index (κ1) is 8.47. The Kier molecular flexibility index (Phi) is 1.58. The maximum absolute atomic E-state index is 12.5. The molecule has 0 spiro atoms. The average molecular weight is 187 g/mol. The van der Waals surface area contributed by atoms with Crippen LogP contribution in [0.15, 0.2) is 6.07 Å². The fraction of sp³-hybridized carbons (Fsp3) is 0.625. The lowest BCUT2D eigenvalue weighted by Gasteiger charge is -2.38. The Morgan fingerprint density at radius 1 is 1.46 bits per heavy atom. The number of halogens is 2. The Morgan fingerprint density at radius 3 is 2.46 bits per heavy atom. The van der Waals surface area contributed by atoms with Crippen LogP contribution in [-0.4, -0.2) is 28.8 Å². The summed E-state index contributed by atoms with van der Waals surface area (Å²) in [7, 11) is 1.80. The summed E-state index contributed by atoms with van der Waals surface area (Å²) in [6.45, 7) is 1.49. The first-order valence-corrected chi connectivity index (χ1v) is 4.11. The number of anilines is 1. The second-order valence-electron chi connectivity index (χ2n) is 3.48. The molecule has 0 radical (unpaired) electrons. The minimum atomic E-state index is -2.52. The third-order valence-corrected chi connectivity index (χ3v) is 2.27. The van der Waals surface area contributed by atoms with Crippen LogP contribution in [0.25, 0.3) is 0 Å². The molecule has 0 aliphatic carbocycles. The highest BCUT2D eigenvalue weighted by molar-refractivity contribution is 5.43. The van der Waals surface area contributed by atoms with Gasteiger partial charge in [0.15, 0.2) is 5.82 Å². The average Bonchev–Trinajstić information content (AvgIpc) is 2.27. The van der Waals surface area contributed by atoms with Gasteiger partial charge in [0.1, 0.15) is 0 Å². The van der Waals surface area contributed by atoms with Gasteiger partial charge in [0.05, 0.1) is 13.1 Å². The van der Waals surface area contributed by atoms with Crippen molar-refractivity contribution in [2.45, 2.75) is 12.8 Å². The molecule has 0 bridgehead atoms. The zero-order valence-corrected chi connectivity index (χ0v) is 7.59. The number of hydrogen-bond acceptors (Lipinski definition) is 2. The van der Waals surface area contributed by atoms with Crippen molar-refractivity contribution in [1.82, 2.24) is 9.78 Å². The number of nitrogens with zero attached hydrogens (tertiary/aromatic N) is 3. The highest BCUT2D eigenvalue weighted by Crippen LogP contribution is 2.30. The molecule has 0 amide bonds. The molecule has 0 saturated carbocycles. The standard InChI is InChI=1S/C8H11F2N3/c1-6-3-7(11-12(6)2)13-4-8(9,10)5-13/h3H,4-5H2,1-2H3. The smallest absolute Gasteiger partial charge is 0.282 e. The second-order valence-corrected chi connectivity index (χ2v) is 3.48. The number of aryl methyl sites for hydroxylation is 2. The normalized spacial score (nSPS) is 20.2. The Balaban J connectivity index is 2.12. The minimum absolute atomic E-state index is 0.205. The van der Waals surface area contributed by atoms with Gasteiger partial charge in [-0.15, -0.1) is 0 Å². The van der Waals surface area contributed by atoms with Crippen LogP contribution in [0.5, 0.6) is 0 Å². The van der Waals surface area contributed by atoms with E-state index >= 15 is 0 Å². The van der Waals surface area contributed by atoms with E-state index in [2.05, 4.69) is 5.10 Å². The van der Waals surface area contributed by atoms with Crippen molar-refractivity contribution in [2.24, 2.45) is 7.05 Å². The highest BCUT2D eigenvalue weighted by atomic mass is 19.3. The van der Waals surface area contributed by atoms with Gasteiger partial charge in [-0.2, -0.15) is 5.10 Å². The maximum Gasteiger partial charge on any atom is 0.282 e. The lowest BCUT2D eigenvalue weighted by Crippen LogP contribution is -2.56. The van der Waals surface area contributed by atoms with Crippen LogP contribution in [0.4, 0.5) is 14.6 Å². The van der Waals surface area contributed by atoms with Crippen LogP contribution in [0.1, 0.15) is 5.69 Å². The molecule has 2 heterocycles. The van der Waals surface area contributed by atoms with Crippen molar-refractivity contribution in [2.75, 3.05) is 18.0 Å². The molecular weight excluding hydrogens is 176 g/mol. The van der Waals surface area contributed by atoms with Crippen molar-refractivity contribution in [3.8, 4) is 0 Å². The van der Waals surface area contributed by atoms with Crippen LogP contribution in [0, 0.1) is 6.92 Å².